The number of carbonyl (C=O) groups is 1. The number of benzene rings is 2. The lowest BCUT2D eigenvalue weighted by Gasteiger charge is -2.26. The summed E-state index contributed by atoms with van der Waals surface area (Å²) < 4.78 is 48.2. The highest BCUT2D eigenvalue weighted by Gasteiger charge is 2.26. The number of carbonyl (C=O) groups excluding carboxylic acids is 1. The average Bonchev–Trinajstić information content (AvgIpc) is 2.80. The molecule has 9 heteroatoms. The molecule has 0 radical (unpaired) electrons. The van der Waals surface area contributed by atoms with Gasteiger partial charge in [-0.05, 0) is 55.3 Å². The summed E-state index contributed by atoms with van der Waals surface area (Å²) >= 11 is 0. The van der Waals surface area contributed by atoms with Crippen molar-refractivity contribution >= 4 is 16.0 Å². The Morgan fingerprint density at radius 3 is 2.41 bits per heavy atom. The zero-order valence-electron chi connectivity index (χ0n) is 18.4. The second-order valence-corrected chi connectivity index (χ2v) is 9.36. The summed E-state index contributed by atoms with van der Waals surface area (Å²) in [6, 6.07) is 12.1. The average molecular weight is 464 g/mol. The van der Waals surface area contributed by atoms with Crippen LogP contribution >= 0.6 is 0 Å². The molecular weight excluding hydrogens is 434 g/mol. The van der Waals surface area contributed by atoms with Crippen molar-refractivity contribution in [3.8, 4) is 11.5 Å². The highest BCUT2D eigenvalue weighted by Crippen LogP contribution is 2.21. The molecule has 1 aliphatic heterocycles. The lowest BCUT2D eigenvalue weighted by molar-refractivity contribution is -0.144. The molecule has 1 heterocycles. The Labute approximate surface area is 189 Å². The Morgan fingerprint density at radius 2 is 1.69 bits per heavy atom. The molecule has 0 spiro atoms. The van der Waals surface area contributed by atoms with Gasteiger partial charge in [0.15, 0.2) is 0 Å². The van der Waals surface area contributed by atoms with Gasteiger partial charge in [0.25, 0.3) is 0 Å². The van der Waals surface area contributed by atoms with E-state index in [1.54, 1.807) is 12.1 Å². The molecule has 1 aliphatic rings. The van der Waals surface area contributed by atoms with Gasteiger partial charge >= 0.3 is 5.97 Å². The SMILES string of the molecule is Cc1ccc(C)c(OCCC(=O)OCCOc2ccc(S(=O)(=O)N3CCOCC3)cc2)c1. The molecule has 0 amide bonds. The molecule has 8 nitrogen and oxygen atoms in total. The molecule has 0 bridgehead atoms. The van der Waals surface area contributed by atoms with Crippen LogP contribution in [0.3, 0.4) is 0 Å². The van der Waals surface area contributed by atoms with Crippen molar-refractivity contribution in [2.24, 2.45) is 0 Å². The van der Waals surface area contributed by atoms with E-state index in [0.717, 1.165) is 16.9 Å². The zero-order valence-corrected chi connectivity index (χ0v) is 19.2. The first-order chi connectivity index (χ1) is 15.4. The third kappa shape index (κ3) is 6.69. The minimum atomic E-state index is -3.53. The fourth-order valence-corrected chi connectivity index (χ4v) is 4.55. The van der Waals surface area contributed by atoms with Crippen molar-refractivity contribution in [3.05, 3.63) is 53.6 Å². The summed E-state index contributed by atoms with van der Waals surface area (Å²) in [4.78, 5) is 12.1. The van der Waals surface area contributed by atoms with Gasteiger partial charge in [-0.3, -0.25) is 4.79 Å². The lowest BCUT2D eigenvalue weighted by Crippen LogP contribution is -2.40. The number of hydrogen-bond donors (Lipinski definition) is 0. The Morgan fingerprint density at radius 1 is 0.969 bits per heavy atom. The number of nitrogens with zero attached hydrogens (tertiary/aromatic N) is 1. The zero-order chi connectivity index (χ0) is 23.0. The first kappa shape index (κ1) is 24.0. The van der Waals surface area contributed by atoms with Gasteiger partial charge in [-0.1, -0.05) is 12.1 Å². The van der Waals surface area contributed by atoms with Crippen LogP contribution in [0.1, 0.15) is 17.5 Å². The molecule has 0 aliphatic carbocycles. The van der Waals surface area contributed by atoms with Gasteiger partial charge < -0.3 is 18.9 Å². The van der Waals surface area contributed by atoms with E-state index < -0.39 is 10.0 Å². The summed E-state index contributed by atoms with van der Waals surface area (Å²) in [7, 11) is -3.53. The number of rotatable bonds is 10. The highest BCUT2D eigenvalue weighted by atomic mass is 32.2. The first-order valence-corrected chi connectivity index (χ1v) is 12.0. The molecule has 0 aromatic heterocycles. The predicted molar refractivity (Wildman–Crippen MR) is 119 cm³/mol. The van der Waals surface area contributed by atoms with Crippen molar-refractivity contribution in [2.75, 3.05) is 46.1 Å². The standard InChI is InChI=1S/C23H29NO7S/c1-18-3-4-19(2)22(17-18)30-12-9-23(25)31-16-15-29-20-5-7-21(8-6-20)32(26,27)24-10-13-28-14-11-24/h3-8,17H,9-16H2,1-2H3. The lowest BCUT2D eigenvalue weighted by atomic mass is 10.1. The second-order valence-electron chi connectivity index (χ2n) is 7.42. The first-order valence-electron chi connectivity index (χ1n) is 10.5. The number of aryl methyl sites for hydroxylation is 2. The van der Waals surface area contributed by atoms with E-state index in [0.29, 0.717) is 32.1 Å². The van der Waals surface area contributed by atoms with Crippen LogP contribution in [-0.2, 0) is 24.3 Å². The number of morpholine rings is 1. The maximum atomic E-state index is 12.6. The van der Waals surface area contributed by atoms with E-state index in [-0.39, 0.29) is 37.1 Å². The summed E-state index contributed by atoms with van der Waals surface area (Å²) in [6.45, 7) is 5.93. The normalized spacial score (nSPS) is 14.7. The summed E-state index contributed by atoms with van der Waals surface area (Å²) in [5.74, 6) is 0.895. The predicted octanol–water partition coefficient (Wildman–Crippen LogP) is 2.72. The Hall–Kier alpha value is -2.62. The van der Waals surface area contributed by atoms with Gasteiger partial charge in [-0.2, -0.15) is 4.31 Å². The fourth-order valence-electron chi connectivity index (χ4n) is 3.14. The van der Waals surface area contributed by atoms with Gasteiger partial charge in [0.1, 0.15) is 24.7 Å². The largest absolute Gasteiger partial charge is 0.493 e. The monoisotopic (exact) mass is 463 g/mol. The Kier molecular flexibility index (Phi) is 8.49. The van der Waals surface area contributed by atoms with Gasteiger partial charge in [-0.15, -0.1) is 0 Å². The van der Waals surface area contributed by atoms with Crippen LogP contribution in [0.4, 0.5) is 0 Å². The number of ether oxygens (including phenoxy) is 4. The molecule has 174 valence electrons. The van der Waals surface area contributed by atoms with Crippen LogP contribution in [0.15, 0.2) is 47.4 Å². The fraction of sp³-hybridized carbons (Fsp3) is 0.435. The quantitative estimate of drug-likeness (QED) is 0.395. The molecule has 1 fully saturated rings. The molecule has 0 saturated carbocycles. The van der Waals surface area contributed by atoms with E-state index in [1.165, 1.54) is 16.4 Å². The van der Waals surface area contributed by atoms with Crippen LogP contribution < -0.4 is 9.47 Å². The Balaban J connectivity index is 1.36. The molecule has 2 aromatic rings. The highest BCUT2D eigenvalue weighted by molar-refractivity contribution is 7.89. The van der Waals surface area contributed by atoms with E-state index in [2.05, 4.69) is 0 Å². The molecule has 3 rings (SSSR count). The van der Waals surface area contributed by atoms with E-state index in [1.807, 2.05) is 32.0 Å². The molecule has 0 atom stereocenters. The topological polar surface area (TPSA) is 91.4 Å². The number of sulfonamides is 1. The van der Waals surface area contributed by atoms with Crippen molar-refractivity contribution in [1.82, 2.24) is 4.31 Å². The van der Waals surface area contributed by atoms with Crippen LogP contribution in [0, 0.1) is 13.8 Å². The maximum Gasteiger partial charge on any atom is 0.309 e. The van der Waals surface area contributed by atoms with Gasteiger partial charge in [0.05, 0.1) is 31.1 Å². The third-order valence-electron chi connectivity index (χ3n) is 4.95. The minimum Gasteiger partial charge on any atom is -0.493 e. The van der Waals surface area contributed by atoms with Crippen LogP contribution in [0.25, 0.3) is 0 Å². The summed E-state index contributed by atoms with van der Waals surface area (Å²) in [5.41, 5.74) is 2.11. The van der Waals surface area contributed by atoms with Crippen LogP contribution in [0.5, 0.6) is 11.5 Å². The number of hydrogen-bond acceptors (Lipinski definition) is 7. The number of esters is 1. The van der Waals surface area contributed by atoms with Crippen LogP contribution in [0.2, 0.25) is 0 Å². The third-order valence-corrected chi connectivity index (χ3v) is 6.87. The van der Waals surface area contributed by atoms with E-state index in [4.69, 9.17) is 18.9 Å². The smallest absolute Gasteiger partial charge is 0.309 e. The summed E-state index contributed by atoms with van der Waals surface area (Å²) in [5, 5.41) is 0. The molecule has 0 N–H and O–H groups in total. The molecule has 2 aromatic carbocycles. The van der Waals surface area contributed by atoms with E-state index in [9.17, 15) is 13.2 Å². The summed E-state index contributed by atoms with van der Waals surface area (Å²) in [6.07, 6.45) is 0.140. The van der Waals surface area contributed by atoms with Crippen molar-refractivity contribution in [2.45, 2.75) is 25.2 Å². The van der Waals surface area contributed by atoms with Crippen molar-refractivity contribution in [3.63, 3.8) is 0 Å². The molecule has 0 unspecified atom stereocenters. The minimum absolute atomic E-state index is 0.0934. The molecular formula is C23H29NO7S. The van der Waals surface area contributed by atoms with Crippen molar-refractivity contribution < 1.29 is 32.2 Å². The second kappa shape index (κ2) is 11.3. The maximum absolute atomic E-state index is 12.6. The molecule has 32 heavy (non-hydrogen) atoms. The van der Waals surface area contributed by atoms with Gasteiger partial charge in [0.2, 0.25) is 10.0 Å². The van der Waals surface area contributed by atoms with Crippen molar-refractivity contribution in [1.29, 1.82) is 0 Å². The van der Waals surface area contributed by atoms with Gasteiger partial charge in [-0.25, -0.2) is 8.42 Å². The molecule has 1 saturated heterocycles. The van der Waals surface area contributed by atoms with E-state index >= 15 is 0 Å². The Bertz CT molecular complexity index is 1000. The van der Waals surface area contributed by atoms with Crippen LogP contribution in [-0.4, -0.2) is 64.8 Å². The van der Waals surface area contributed by atoms with Gasteiger partial charge in [0, 0.05) is 13.1 Å².